The number of pyridine rings is 1. The second-order valence-corrected chi connectivity index (χ2v) is 8.77. The van der Waals surface area contributed by atoms with Crippen LogP contribution in [0.1, 0.15) is 18.1 Å². The maximum atomic E-state index is 12.9. The molecule has 0 aliphatic carbocycles. The van der Waals surface area contributed by atoms with E-state index in [-0.39, 0.29) is 4.90 Å². The maximum absolute atomic E-state index is 12.9. The van der Waals surface area contributed by atoms with Crippen molar-refractivity contribution >= 4 is 21.5 Å². The fourth-order valence-corrected chi connectivity index (χ4v) is 4.60. The van der Waals surface area contributed by atoms with Crippen molar-refractivity contribution in [3.63, 3.8) is 0 Å². The summed E-state index contributed by atoms with van der Waals surface area (Å²) in [6, 6.07) is 7.03. The molecule has 0 unspecified atom stereocenters. The second-order valence-electron chi connectivity index (χ2n) is 7.12. The van der Waals surface area contributed by atoms with E-state index in [1.165, 1.54) is 0 Å². The van der Waals surface area contributed by atoms with Crippen LogP contribution in [-0.2, 0) is 10.0 Å². The molecule has 2 heterocycles. The topological polar surface area (TPSA) is 74.8 Å². The van der Waals surface area contributed by atoms with E-state index >= 15 is 0 Å². The Hall–Kier alpha value is -2.32. The first-order valence-electron chi connectivity index (χ1n) is 9.46. The summed E-state index contributed by atoms with van der Waals surface area (Å²) in [6.45, 7) is 9.87. The summed E-state index contributed by atoms with van der Waals surface area (Å²) >= 11 is 0. The van der Waals surface area contributed by atoms with Crippen molar-refractivity contribution in [2.45, 2.75) is 25.7 Å². The summed E-state index contributed by atoms with van der Waals surface area (Å²) < 4.78 is 33.9. The van der Waals surface area contributed by atoms with E-state index in [1.54, 1.807) is 31.3 Å². The van der Waals surface area contributed by atoms with Crippen LogP contribution < -0.4 is 14.4 Å². The number of piperazine rings is 1. The third kappa shape index (κ3) is 4.56. The molecule has 152 valence electrons. The molecular weight excluding hydrogens is 376 g/mol. The zero-order valence-corrected chi connectivity index (χ0v) is 17.7. The van der Waals surface area contributed by atoms with Crippen LogP contribution >= 0.6 is 0 Å². The molecule has 1 N–H and O–H groups in total. The molecule has 1 aromatic heterocycles. The van der Waals surface area contributed by atoms with Gasteiger partial charge in [0.2, 0.25) is 0 Å². The molecule has 3 rings (SSSR count). The molecule has 28 heavy (non-hydrogen) atoms. The number of benzene rings is 1. The van der Waals surface area contributed by atoms with Crippen molar-refractivity contribution in [1.29, 1.82) is 0 Å². The number of ether oxygens (including phenoxy) is 1. The molecule has 0 spiro atoms. The maximum Gasteiger partial charge on any atom is 0.262 e. The predicted octanol–water partition coefficient (Wildman–Crippen LogP) is 2.65. The number of aromatic nitrogens is 1. The minimum absolute atomic E-state index is 0.247. The van der Waals surface area contributed by atoms with Gasteiger partial charge in [0.1, 0.15) is 11.6 Å². The fourth-order valence-electron chi connectivity index (χ4n) is 3.24. The number of sulfonamides is 1. The number of hydrogen-bond acceptors (Lipinski definition) is 6. The Labute approximate surface area is 167 Å². The van der Waals surface area contributed by atoms with Gasteiger partial charge in [0.05, 0.1) is 23.4 Å². The normalized spacial score (nSPS) is 15.5. The number of nitrogens with zero attached hydrogens (tertiary/aromatic N) is 3. The van der Waals surface area contributed by atoms with Crippen LogP contribution in [0.5, 0.6) is 5.75 Å². The first kappa shape index (κ1) is 20.4. The highest BCUT2D eigenvalue weighted by atomic mass is 32.2. The largest absolute Gasteiger partial charge is 0.494 e. The molecule has 8 heteroatoms. The summed E-state index contributed by atoms with van der Waals surface area (Å²) in [5, 5.41) is 0. The molecule has 0 bridgehead atoms. The van der Waals surface area contributed by atoms with Crippen molar-refractivity contribution in [2.75, 3.05) is 49.5 Å². The number of hydrogen-bond donors (Lipinski definition) is 1. The highest BCUT2D eigenvalue weighted by Crippen LogP contribution is 2.27. The molecule has 0 atom stereocenters. The zero-order chi connectivity index (χ0) is 20.3. The summed E-state index contributed by atoms with van der Waals surface area (Å²) in [6.07, 6.45) is 1.57. The lowest BCUT2D eigenvalue weighted by Crippen LogP contribution is -2.44. The number of likely N-dealkylation sites (N-methyl/N-ethyl adjacent to an activating group) is 1. The molecule has 1 aliphatic rings. The van der Waals surface area contributed by atoms with E-state index in [1.807, 2.05) is 19.9 Å². The third-order valence-electron chi connectivity index (χ3n) is 4.89. The number of rotatable bonds is 6. The van der Waals surface area contributed by atoms with Gasteiger partial charge in [-0.25, -0.2) is 13.4 Å². The molecule has 1 saturated heterocycles. The lowest BCUT2D eigenvalue weighted by Gasteiger charge is -2.33. The minimum atomic E-state index is -3.71. The van der Waals surface area contributed by atoms with Crippen LogP contribution in [0.3, 0.4) is 0 Å². The SMILES string of the molecule is CCOc1cc(C)c(S(=O)(=O)Nc2ccc(N3CCN(C)CC3)nc2)cc1C. The average molecular weight is 405 g/mol. The van der Waals surface area contributed by atoms with Crippen LogP contribution in [-0.4, -0.2) is 58.1 Å². The van der Waals surface area contributed by atoms with Crippen molar-refractivity contribution in [2.24, 2.45) is 0 Å². The summed E-state index contributed by atoms with van der Waals surface area (Å²) in [5.74, 6) is 1.57. The van der Waals surface area contributed by atoms with Crippen molar-refractivity contribution in [3.05, 3.63) is 41.6 Å². The predicted molar refractivity (Wildman–Crippen MR) is 112 cm³/mol. The number of aryl methyl sites for hydroxylation is 2. The van der Waals surface area contributed by atoms with E-state index in [4.69, 9.17) is 4.74 Å². The van der Waals surface area contributed by atoms with E-state index in [9.17, 15) is 8.42 Å². The lowest BCUT2D eigenvalue weighted by atomic mass is 10.1. The second kappa shape index (κ2) is 8.36. The van der Waals surface area contributed by atoms with Crippen LogP contribution in [0.4, 0.5) is 11.5 Å². The van der Waals surface area contributed by atoms with Gasteiger partial charge < -0.3 is 14.5 Å². The zero-order valence-electron chi connectivity index (χ0n) is 16.9. The minimum Gasteiger partial charge on any atom is -0.494 e. The Kier molecular flexibility index (Phi) is 6.10. The molecule has 7 nitrogen and oxygen atoms in total. The van der Waals surface area contributed by atoms with Gasteiger partial charge >= 0.3 is 0 Å². The molecule has 2 aromatic rings. The van der Waals surface area contributed by atoms with Crippen LogP contribution in [0.25, 0.3) is 0 Å². The van der Waals surface area contributed by atoms with Gasteiger partial charge in [0.25, 0.3) is 10.0 Å². The molecule has 0 radical (unpaired) electrons. The number of anilines is 2. The van der Waals surface area contributed by atoms with Crippen molar-refractivity contribution in [3.8, 4) is 5.75 Å². The van der Waals surface area contributed by atoms with Crippen LogP contribution in [0.2, 0.25) is 0 Å². The highest BCUT2D eigenvalue weighted by Gasteiger charge is 2.20. The van der Waals surface area contributed by atoms with Crippen LogP contribution in [0.15, 0.2) is 35.4 Å². The van der Waals surface area contributed by atoms with E-state index in [0.717, 1.165) is 37.6 Å². The Morgan fingerprint density at radius 3 is 2.43 bits per heavy atom. The fraction of sp³-hybridized carbons (Fsp3) is 0.450. The summed E-state index contributed by atoms with van der Waals surface area (Å²) in [4.78, 5) is 9.18. The quantitative estimate of drug-likeness (QED) is 0.798. The molecular formula is C20H28N4O3S. The Morgan fingerprint density at radius 1 is 1.11 bits per heavy atom. The van der Waals surface area contributed by atoms with E-state index < -0.39 is 10.0 Å². The Balaban J connectivity index is 1.76. The molecule has 0 amide bonds. The van der Waals surface area contributed by atoms with E-state index in [0.29, 0.717) is 23.6 Å². The number of nitrogens with one attached hydrogen (secondary N) is 1. The average Bonchev–Trinajstić information content (AvgIpc) is 2.65. The van der Waals surface area contributed by atoms with Gasteiger partial charge in [-0.1, -0.05) is 0 Å². The van der Waals surface area contributed by atoms with Gasteiger partial charge in [0, 0.05) is 26.2 Å². The smallest absolute Gasteiger partial charge is 0.262 e. The van der Waals surface area contributed by atoms with Gasteiger partial charge in [-0.15, -0.1) is 0 Å². The molecule has 1 aliphatic heterocycles. The van der Waals surface area contributed by atoms with Crippen molar-refractivity contribution < 1.29 is 13.2 Å². The summed E-state index contributed by atoms with van der Waals surface area (Å²) in [5.41, 5.74) is 1.88. The van der Waals surface area contributed by atoms with Crippen molar-refractivity contribution in [1.82, 2.24) is 9.88 Å². The molecule has 1 fully saturated rings. The first-order chi connectivity index (χ1) is 13.3. The van der Waals surface area contributed by atoms with E-state index in [2.05, 4.69) is 26.6 Å². The standard InChI is InChI=1S/C20H28N4O3S/c1-5-27-18-12-16(3)19(13-15(18)2)28(25,26)22-17-6-7-20(21-14-17)24-10-8-23(4)9-11-24/h6-7,12-14,22H,5,8-11H2,1-4H3. The van der Waals surface area contributed by atoms with Gasteiger partial charge in [-0.2, -0.15) is 0 Å². The highest BCUT2D eigenvalue weighted by molar-refractivity contribution is 7.92. The Morgan fingerprint density at radius 2 is 1.82 bits per heavy atom. The third-order valence-corrected chi connectivity index (χ3v) is 6.41. The van der Waals surface area contributed by atoms with Gasteiger partial charge in [-0.05, 0) is 63.2 Å². The summed E-state index contributed by atoms with van der Waals surface area (Å²) in [7, 11) is -1.60. The monoisotopic (exact) mass is 404 g/mol. The lowest BCUT2D eigenvalue weighted by molar-refractivity contribution is 0.312. The first-order valence-corrected chi connectivity index (χ1v) is 10.9. The molecule has 1 aromatic carbocycles. The van der Waals surface area contributed by atoms with Gasteiger partial charge in [-0.3, -0.25) is 4.72 Å². The van der Waals surface area contributed by atoms with Gasteiger partial charge in [0.15, 0.2) is 0 Å². The van der Waals surface area contributed by atoms with Crippen LogP contribution in [0, 0.1) is 13.8 Å². The molecule has 0 saturated carbocycles. The Bertz CT molecular complexity index is 921.